The number of hydrogen-bond donors (Lipinski definition) is 5. The third-order valence-corrected chi connectivity index (χ3v) is 27.8. The number of rotatable bonds is 21. The van der Waals surface area contributed by atoms with Crippen LogP contribution in [0.4, 0.5) is 22.0 Å². The van der Waals surface area contributed by atoms with E-state index in [0.29, 0.717) is 25.2 Å². The summed E-state index contributed by atoms with van der Waals surface area (Å²) in [6, 6.07) is 59.9. The number of halogens is 5. The molecule has 18 heterocycles. The second-order valence-corrected chi connectivity index (χ2v) is 37.2. The molecule has 0 amide bonds. The van der Waals surface area contributed by atoms with Crippen LogP contribution in [0.1, 0.15) is 67.1 Å². The molecule has 0 saturated heterocycles. The van der Waals surface area contributed by atoms with Crippen molar-refractivity contribution in [3.63, 3.8) is 0 Å². The van der Waals surface area contributed by atoms with E-state index in [2.05, 4.69) is 165 Å². The Morgan fingerprint density at radius 2 is 0.725 bits per heavy atom. The summed E-state index contributed by atoms with van der Waals surface area (Å²) in [4.78, 5) is 67.5. The molecule has 142 heavy (non-hydrogen) atoms. The van der Waals surface area contributed by atoms with Crippen molar-refractivity contribution in [2.24, 2.45) is 14.1 Å². The first-order valence-electron chi connectivity index (χ1n) is 46.9. The number of fused-ring (bicyclic) bond motifs is 5. The number of aryl methyl sites for hydroxylation is 2. The summed E-state index contributed by atoms with van der Waals surface area (Å²) in [6.45, 7) is 2.82. The Hall–Kier alpha value is -16.7. The standard InChI is InChI=1S/C24H26FN5.C23H24FN5.2C21H17FN6.C21H15FN4S/c1-29(2)18-7-9-19(10-8-18)30-15-28-22(16-3-5-17(25)6-4-16)23(30)20-11-13-26-24-21(20)12-14-27-24;1-28(2)23(10-3-11-23)14-29-15-27-20(16-4-6-17(24)7-5-16)21(29)18-8-12-25-22-19(18)9-13-26-22;1-27-11-8-16(26-27)12-28-13-25-19(14-2-4-15(22)5-3-14)20(28)17-6-9-23-21-18(17)7-10-24-21;1-27-11-14(10-26-27)12-28-13-25-19(15-2-4-16(22)5-3-15)20(28)17-6-8-23-21-18(17)7-9-24-21;22-15-5-3-14(4-6-15)19-20(17-7-9-23-21-18(17)8-10-24-21)26(13-25-19)12-16-2-1-11-27-16/h3-6,11-15,18-19H,7-10H2,1-2H3,(H,26,27);4-9,12-13,15H,3,10-11,14H2,1-2H3,(H,25,26);2*2-11,13H,12H2,1H3,(H,23,24);1-11,13H,12H2,(H,23,24). The van der Waals surface area contributed by atoms with Crippen LogP contribution in [0.3, 0.4) is 0 Å². The zero-order chi connectivity index (χ0) is 97.1. The lowest BCUT2D eigenvalue weighted by Crippen LogP contribution is -2.53. The van der Waals surface area contributed by atoms with Gasteiger partial charge in [0.25, 0.3) is 0 Å². The zero-order valence-corrected chi connectivity index (χ0v) is 79.5. The lowest BCUT2D eigenvalue weighted by molar-refractivity contribution is 0.0428. The van der Waals surface area contributed by atoms with Crippen LogP contribution in [-0.4, -0.2) is 167 Å². The van der Waals surface area contributed by atoms with Gasteiger partial charge in [-0.3, -0.25) is 9.36 Å². The van der Waals surface area contributed by atoms with Gasteiger partial charge < -0.3 is 57.6 Å². The number of nitrogens with one attached hydrogen (secondary N) is 5. The van der Waals surface area contributed by atoms with Crippen LogP contribution in [0, 0.1) is 29.1 Å². The molecule has 2 saturated carbocycles. The molecule has 23 aromatic rings. The molecule has 0 spiro atoms. The van der Waals surface area contributed by atoms with E-state index in [1.807, 2.05) is 174 Å². The first-order chi connectivity index (χ1) is 69.4. The summed E-state index contributed by atoms with van der Waals surface area (Å²) >= 11 is 1.72. The Morgan fingerprint density at radius 1 is 0.373 bits per heavy atom. The lowest BCUT2D eigenvalue weighted by atomic mass is 9.75. The number of likely N-dealkylation sites (N-methyl/N-ethyl adjacent to an activating group) is 1. The van der Waals surface area contributed by atoms with Crippen molar-refractivity contribution in [3.8, 4) is 113 Å². The first-order valence-corrected chi connectivity index (χ1v) is 47.8. The van der Waals surface area contributed by atoms with Crippen molar-refractivity contribution >= 4 is 66.5 Å². The molecule has 25 rings (SSSR count). The number of aromatic amines is 5. The highest BCUT2D eigenvalue weighted by Gasteiger charge is 2.41. The summed E-state index contributed by atoms with van der Waals surface area (Å²) in [5.74, 6) is -1.27. The predicted molar refractivity (Wildman–Crippen MR) is 547 cm³/mol. The van der Waals surface area contributed by atoms with Crippen LogP contribution in [0.25, 0.3) is 168 Å². The third-order valence-electron chi connectivity index (χ3n) is 26.9. The Balaban J connectivity index is 0.000000105. The van der Waals surface area contributed by atoms with Crippen molar-refractivity contribution in [1.82, 2.24) is 127 Å². The van der Waals surface area contributed by atoms with E-state index in [0.717, 1.165) is 205 Å². The molecule has 5 N–H and O–H groups in total. The predicted octanol–water partition coefficient (Wildman–Crippen LogP) is 23.4. The van der Waals surface area contributed by atoms with Crippen molar-refractivity contribution in [2.75, 3.05) is 28.2 Å². The molecule has 0 radical (unpaired) electrons. The maximum Gasteiger partial charge on any atom is 0.137 e. The van der Waals surface area contributed by atoms with Crippen LogP contribution in [-0.2, 0) is 40.3 Å². The van der Waals surface area contributed by atoms with E-state index < -0.39 is 0 Å². The molecule has 26 nitrogen and oxygen atoms in total. The number of imidazole rings is 5. The highest BCUT2D eigenvalue weighted by molar-refractivity contribution is 7.09. The normalized spacial score (nSPS) is 14.0. The Kier molecular flexibility index (Phi) is 25.8. The summed E-state index contributed by atoms with van der Waals surface area (Å²) in [7, 11) is 12.4. The molecule has 5 aromatic carbocycles. The van der Waals surface area contributed by atoms with Crippen molar-refractivity contribution in [1.29, 1.82) is 0 Å². The van der Waals surface area contributed by atoms with Gasteiger partial charge in [-0.2, -0.15) is 10.2 Å². The van der Waals surface area contributed by atoms with E-state index >= 15 is 0 Å². The number of pyridine rings is 5. The second-order valence-electron chi connectivity index (χ2n) is 36.1. The fourth-order valence-corrected chi connectivity index (χ4v) is 20.2. The minimum absolute atomic E-state index is 0.153. The van der Waals surface area contributed by atoms with Crippen LogP contribution in [0.15, 0.2) is 318 Å². The minimum Gasteiger partial charge on any atom is -0.346 e. The number of benzene rings is 5. The van der Waals surface area contributed by atoms with Crippen LogP contribution < -0.4 is 0 Å². The highest BCUT2D eigenvalue weighted by atomic mass is 32.1. The van der Waals surface area contributed by atoms with E-state index in [1.165, 1.54) is 97.6 Å². The average Bonchev–Trinajstić information content (AvgIpc) is 1.60. The molecule has 0 atom stereocenters. The first kappa shape index (κ1) is 91.7. The monoisotopic (exact) mass is 1910 g/mol. The smallest absolute Gasteiger partial charge is 0.137 e. The van der Waals surface area contributed by atoms with Gasteiger partial charge in [0.05, 0.1) is 120 Å². The number of thiophene rings is 1. The lowest BCUT2D eigenvalue weighted by Gasteiger charge is -2.47. The third kappa shape index (κ3) is 18.9. The van der Waals surface area contributed by atoms with Gasteiger partial charge in [-0.05, 0) is 273 Å². The van der Waals surface area contributed by atoms with Crippen LogP contribution in [0.2, 0.25) is 0 Å². The maximum atomic E-state index is 13.5. The van der Waals surface area contributed by atoms with Crippen LogP contribution in [0.5, 0.6) is 0 Å². The molecule has 18 aromatic heterocycles. The molecule has 2 aliphatic carbocycles. The van der Waals surface area contributed by atoms with Gasteiger partial charge in [0.15, 0.2) is 0 Å². The highest BCUT2D eigenvalue weighted by Crippen LogP contribution is 2.46. The van der Waals surface area contributed by atoms with E-state index in [-0.39, 0.29) is 34.6 Å². The molecule has 2 aliphatic rings. The summed E-state index contributed by atoms with van der Waals surface area (Å²) < 4.78 is 81.8. The van der Waals surface area contributed by atoms with Gasteiger partial charge in [-0.15, -0.1) is 11.3 Å². The Morgan fingerprint density at radius 3 is 1.06 bits per heavy atom. The molecule has 0 unspecified atom stereocenters. The van der Waals surface area contributed by atoms with Gasteiger partial charge in [-0.25, -0.2) is 71.8 Å². The molecular weight excluding hydrogens is 1810 g/mol. The number of nitrogens with zero attached hydrogens (tertiary/aromatic N) is 21. The molecular formula is C110H99F5N26S. The van der Waals surface area contributed by atoms with Gasteiger partial charge in [0.1, 0.15) is 57.3 Å². The van der Waals surface area contributed by atoms with Crippen molar-refractivity contribution in [2.45, 2.75) is 88.7 Å². The van der Waals surface area contributed by atoms with Gasteiger partial charge in [-0.1, -0.05) is 6.07 Å². The fourth-order valence-electron chi connectivity index (χ4n) is 19.5. The summed E-state index contributed by atoms with van der Waals surface area (Å²) in [5, 5.41) is 16.0. The van der Waals surface area contributed by atoms with Crippen molar-refractivity contribution < 1.29 is 22.0 Å². The fraction of sp³-hybridized carbons (Fsp3) is 0.182. The summed E-state index contributed by atoms with van der Waals surface area (Å²) in [5.41, 5.74) is 25.3. The topological polar surface area (TPSA) is 275 Å². The zero-order valence-electron chi connectivity index (χ0n) is 78.6. The minimum atomic E-state index is -0.268. The Bertz CT molecular complexity index is 8070. The molecule has 32 heteroatoms. The van der Waals surface area contributed by atoms with Crippen LogP contribution >= 0.6 is 11.3 Å². The largest absolute Gasteiger partial charge is 0.346 e. The van der Waals surface area contributed by atoms with Gasteiger partial charge in [0.2, 0.25) is 0 Å². The number of H-pyrrole nitrogens is 5. The SMILES string of the molecule is CN(C)C1(Cn2cnc(-c3ccc(F)cc3)c2-c2ccnc3[nH]ccc23)CCC1.CN(C)C1CCC(n2cnc(-c3ccc(F)cc3)c2-c2ccnc3[nH]ccc23)CC1.Cn1cc(Cn2cnc(-c3ccc(F)cc3)c2-c2ccnc3[nH]ccc23)cn1.Cn1ccc(Cn2cnc(-c3ccc(F)cc3)c2-c2ccnc3[nH]ccc23)n1.Fc1ccc(-c2ncn(Cc3cccs3)c2-c2ccnc3[nH]ccc23)cc1. The number of hydrogen-bond acceptors (Lipinski definition) is 15. The van der Waals surface area contributed by atoms with E-state index in [9.17, 15) is 22.0 Å². The molecule has 710 valence electrons. The molecule has 0 aliphatic heterocycles. The number of aromatic nitrogens is 24. The Labute approximate surface area is 817 Å². The maximum absolute atomic E-state index is 13.5. The van der Waals surface area contributed by atoms with Gasteiger partial charge >= 0.3 is 0 Å². The van der Waals surface area contributed by atoms with Crippen molar-refractivity contribution in [3.05, 3.63) is 363 Å². The summed E-state index contributed by atoms with van der Waals surface area (Å²) in [6.07, 6.45) is 41.8. The quantitative estimate of drug-likeness (QED) is 0.0419. The second kappa shape index (κ2) is 40.0. The van der Waals surface area contributed by atoms with Gasteiger partial charge in [0, 0.05) is 206 Å². The molecule has 0 bridgehead atoms. The molecule has 2 fully saturated rings. The van der Waals surface area contributed by atoms with E-state index in [4.69, 9.17) is 9.97 Å². The average molecular weight is 1910 g/mol. The van der Waals surface area contributed by atoms with E-state index in [1.54, 1.807) is 87.8 Å².